The number of rotatable bonds is 4. The lowest BCUT2D eigenvalue weighted by molar-refractivity contribution is -0.114. The lowest BCUT2D eigenvalue weighted by atomic mass is 10.1. The second-order valence-electron chi connectivity index (χ2n) is 5.24. The third kappa shape index (κ3) is 4.72. The number of nitrogens with one attached hydrogen (secondary N) is 2. The van der Waals surface area contributed by atoms with Crippen LogP contribution in [0, 0.1) is 6.92 Å². The van der Waals surface area contributed by atoms with E-state index >= 15 is 0 Å². The van der Waals surface area contributed by atoms with Crippen LogP contribution in [-0.4, -0.2) is 24.4 Å². The first kappa shape index (κ1) is 17.5. The van der Waals surface area contributed by atoms with Crippen LogP contribution in [0.15, 0.2) is 18.2 Å². The number of halogens is 1. The van der Waals surface area contributed by atoms with Gasteiger partial charge in [0.1, 0.15) is 0 Å². The molecule has 1 saturated carbocycles. The molecular formula is C15H22ClN3O2. The highest BCUT2D eigenvalue weighted by molar-refractivity contribution is 5.97. The first-order chi connectivity index (χ1) is 9.60. The quantitative estimate of drug-likeness (QED) is 0.795. The minimum atomic E-state index is -0.240. The Morgan fingerprint density at radius 1 is 1.29 bits per heavy atom. The number of carbonyl (C=O) groups is 2. The van der Waals surface area contributed by atoms with Crippen molar-refractivity contribution in [2.24, 2.45) is 5.73 Å². The number of hydrogen-bond acceptors (Lipinski definition) is 3. The molecule has 6 heteroatoms. The molecule has 1 aromatic carbocycles. The molecule has 0 saturated heterocycles. The van der Waals surface area contributed by atoms with Crippen LogP contribution in [0.2, 0.25) is 0 Å². The third-order valence-corrected chi connectivity index (χ3v) is 3.64. The van der Waals surface area contributed by atoms with E-state index in [-0.39, 0.29) is 30.8 Å². The fourth-order valence-electron chi connectivity index (χ4n) is 2.49. The molecule has 0 bridgehead atoms. The van der Waals surface area contributed by atoms with Gasteiger partial charge in [0.25, 0.3) is 5.91 Å². The zero-order valence-corrected chi connectivity index (χ0v) is 13.0. The van der Waals surface area contributed by atoms with Crippen LogP contribution in [0.3, 0.4) is 0 Å². The predicted octanol–water partition coefficient (Wildman–Crippen LogP) is 1.99. The van der Waals surface area contributed by atoms with Crippen LogP contribution in [0.5, 0.6) is 0 Å². The smallest absolute Gasteiger partial charge is 0.251 e. The lowest BCUT2D eigenvalue weighted by Gasteiger charge is -2.13. The Kier molecular flexibility index (Phi) is 6.65. The maximum absolute atomic E-state index is 12.1. The van der Waals surface area contributed by atoms with E-state index in [1.165, 1.54) is 12.8 Å². The van der Waals surface area contributed by atoms with Crippen molar-refractivity contribution in [3.05, 3.63) is 29.3 Å². The van der Waals surface area contributed by atoms with E-state index in [4.69, 9.17) is 5.73 Å². The normalized spacial score (nSPS) is 14.4. The van der Waals surface area contributed by atoms with Gasteiger partial charge in [-0.05, 0) is 43.5 Å². The molecule has 2 amide bonds. The Morgan fingerprint density at radius 2 is 1.95 bits per heavy atom. The number of amides is 2. The number of anilines is 1. The molecule has 0 heterocycles. The molecule has 116 valence electrons. The van der Waals surface area contributed by atoms with Gasteiger partial charge in [-0.3, -0.25) is 9.59 Å². The maximum atomic E-state index is 12.1. The van der Waals surface area contributed by atoms with Crippen LogP contribution in [-0.2, 0) is 4.79 Å². The van der Waals surface area contributed by atoms with Gasteiger partial charge in [-0.15, -0.1) is 12.4 Å². The highest BCUT2D eigenvalue weighted by Gasteiger charge is 2.18. The molecule has 1 fully saturated rings. The Bertz CT molecular complexity index is 514. The molecule has 0 aliphatic heterocycles. The van der Waals surface area contributed by atoms with Crippen molar-refractivity contribution in [1.82, 2.24) is 5.32 Å². The Hall–Kier alpha value is -1.59. The highest BCUT2D eigenvalue weighted by Crippen LogP contribution is 2.20. The minimum Gasteiger partial charge on any atom is -0.349 e. The average molecular weight is 312 g/mol. The van der Waals surface area contributed by atoms with Crippen LogP contribution in [0.1, 0.15) is 41.6 Å². The summed E-state index contributed by atoms with van der Waals surface area (Å²) in [6.07, 6.45) is 4.51. The number of benzene rings is 1. The molecule has 0 radical (unpaired) electrons. The monoisotopic (exact) mass is 311 g/mol. The van der Waals surface area contributed by atoms with Crippen molar-refractivity contribution in [1.29, 1.82) is 0 Å². The highest BCUT2D eigenvalue weighted by atomic mass is 35.5. The molecule has 0 aromatic heterocycles. The van der Waals surface area contributed by atoms with Gasteiger partial charge < -0.3 is 16.4 Å². The summed E-state index contributed by atoms with van der Waals surface area (Å²) in [5.41, 5.74) is 7.43. The summed E-state index contributed by atoms with van der Waals surface area (Å²) in [4.78, 5) is 23.4. The zero-order valence-electron chi connectivity index (χ0n) is 12.1. The van der Waals surface area contributed by atoms with E-state index < -0.39 is 0 Å². The fraction of sp³-hybridized carbons (Fsp3) is 0.467. The van der Waals surface area contributed by atoms with Gasteiger partial charge in [0.05, 0.1) is 6.54 Å². The van der Waals surface area contributed by atoms with Gasteiger partial charge in [-0.2, -0.15) is 0 Å². The van der Waals surface area contributed by atoms with Gasteiger partial charge in [0.15, 0.2) is 0 Å². The van der Waals surface area contributed by atoms with Crippen LogP contribution >= 0.6 is 12.4 Å². The standard InChI is InChI=1S/C15H21N3O2.ClH/c1-10-8-11(6-7-13(10)18-14(19)9-16)15(20)17-12-4-2-3-5-12;/h6-8,12H,2-5,9,16H2,1H3,(H,17,20)(H,18,19);1H. The molecule has 5 nitrogen and oxygen atoms in total. The lowest BCUT2D eigenvalue weighted by Crippen LogP contribution is -2.32. The van der Waals surface area contributed by atoms with Crippen molar-refractivity contribution >= 4 is 29.9 Å². The Morgan fingerprint density at radius 3 is 2.52 bits per heavy atom. The summed E-state index contributed by atoms with van der Waals surface area (Å²) < 4.78 is 0. The van der Waals surface area contributed by atoms with Crippen molar-refractivity contribution in [2.45, 2.75) is 38.6 Å². The second kappa shape index (κ2) is 8.00. The summed E-state index contributed by atoms with van der Waals surface area (Å²) in [6.45, 7) is 1.81. The maximum Gasteiger partial charge on any atom is 0.251 e. The Labute approximate surface area is 131 Å². The summed E-state index contributed by atoms with van der Waals surface area (Å²) in [7, 11) is 0. The van der Waals surface area contributed by atoms with Crippen LogP contribution in [0.4, 0.5) is 5.69 Å². The fourth-order valence-corrected chi connectivity index (χ4v) is 2.49. The third-order valence-electron chi connectivity index (χ3n) is 3.64. The van der Waals surface area contributed by atoms with Gasteiger partial charge >= 0.3 is 0 Å². The molecule has 0 spiro atoms. The van der Waals surface area contributed by atoms with Gasteiger partial charge in [0, 0.05) is 17.3 Å². The number of carbonyl (C=O) groups excluding carboxylic acids is 2. The van der Waals surface area contributed by atoms with Crippen molar-refractivity contribution < 1.29 is 9.59 Å². The van der Waals surface area contributed by atoms with E-state index in [0.717, 1.165) is 18.4 Å². The Balaban J connectivity index is 0.00000220. The molecular weight excluding hydrogens is 290 g/mol. The molecule has 1 aliphatic rings. The molecule has 4 N–H and O–H groups in total. The van der Waals surface area contributed by atoms with E-state index in [1.807, 2.05) is 6.92 Å². The summed E-state index contributed by atoms with van der Waals surface area (Å²) >= 11 is 0. The second-order valence-corrected chi connectivity index (χ2v) is 5.24. The van der Waals surface area contributed by atoms with Gasteiger partial charge in [-0.25, -0.2) is 0 Å². The molecule has 0 unspecified atom stereocenters. The molecule has 0 atom stereocenters. The van der Waals surface area contributed by atoms with Crippen molar-refractivity contribution in [2.75, 3.05) is 11.9 Å². The first-order valence-corrected chi connectivity index (χ1v) is 7.01. The number of nitrogens with two attached hydrogens (primary N) is 1. The zero-order chi connectivity index (χ0) is 14.5. The van der Waals surface area contributed by atoms with E-state index in [0.29, 0.717) is 17.3 Å². The van der Waals surface area contributed by atoms with Crippen LogP contribution < -0.4 is 16.4 Å². The summed E-state index contributed by atoms with van der Waals surface area (Å²) in [6, 6.07) is 5.56. The van der Waals surface area contributed by atoms with Gasteiger partial charge in [-0.1, -0.05) is 12.8 Å². The SMILES string of the molecule is Cc1cc(C(=O)NC2CCCC2)ccc1NC(=O)CN.Cl. The predicted molar refractivity (Wildman–Crippen MR) is 85.8 cm³/mol. The molecule has 1 aromatic rings. The van der Waals surface area contributed by atoms with Crippen LogP contribution in [0.25, 0.3) is 0 Å². The topological polar surface area (TPSA) is 84.2 Å². The summed E-state index contributed by atoms with van der Waals surface area (Å²) in [5, 5.41) is 5.75. The van der Waals surface area contributed by atoms with E-state index in [1.54, 1.807) is 18.2 Å². The molecule has 1 aliphatic carbocycles. The van der Waals surface area contributed by atoms with Gasteiger partial charge in [0.2, 0.25) is 5.91 Å². The van der Waals surface area contributed by atoms with E-state index in [9.17, 15) is 9.59 Å². The largest absolute Gasteiger partial charge is 0.349 e. The first-order valence-electron chi connectivity index (χ1n) is 7.01. The number of aryl methyl sites for hydroxylation is 1. The molecule has 21 heavy (non-hydrogen) atoms. The minimum absolute atomic E-state index is 0. The average Bonchev–Trinajstić information content (AvgIpc) is 2.93. The number of hydrogen-bond donors (Lipinski definition) is 3. The molecule has 2 rings (SSSR count). The van der Waals surface area contributed by atoms with Crippen molar-refractivity contribution in [3.63, 3.8) is 0 Å². The van der Waals surface area contributed by atoms with E-state index in [2.05, 4.69) is 10.6 Å². The van der Waals surface area contributed by atoms with Crippen molar-refractivity contribution in [3.8, 4) is 0 Å². The summed E-state index contributed by atoms with van der Waals surface area (Å²) in [5.74, 6) is -0.284.